The zero-order valence-electron chi connectivity index (χ0n) is 13.4. The molecule has 4 nitrogen and oxygen atoms in total. The summed E-state index contributed by atoms with van der Waals surface area (Å²) in [6.07, 6.45) is 1.54. The number of rotatable bonds is 3. The average molecular weight is 292 g/mol. The molecular weight excluding hydrogens is 268 g/mol. The summed E-state index contributed by atoms with van der Waals surface area (Å²) in [4.78, 5) is 0. The molecule has 0 saturated carbocycles. The molecular formula is C17H24O4. The number of fused-ring (bicyclic) bond motifs is 2. The highest BCUT2D eigenvalue weighted by molar-refractivity contribution is 5.48. The maximum atomic E-state index is 6.28. The lowest BCUT2D eigenvalue weighted by Gasteiger charge is -2.30. The van der Waals surface area contributed by atoms with Crippen molar-refractivity contribution in [3.8, 4) is 11.5 Å². The first-order valence-electron chi connectivity index (χ1n) is 7.53. The standard InChI is InChI=1S/C17H24O4/c1-10-6-15-16(20-15)17(3,4)21-14-7-11(2)13(8-12(10)14)19-9-18-5/h7-8,10,15-16H,6,9H2,1-5H3/t10-,15+,16+/m1/s1. The summed E-state index contributed by atoms with van der Waals surface area (Å²) in [7, 11) is 1.63. The molecule has 0 unspecified atom stereocenters. The first-order valence-corrected chi connectivity index (χ1v) is 7.53. The Balaban J connectivity index is 1.97. The van der Waals surface area contributed by atoms with Crippen LogP contribution in [0.2, 0.25) is 0 Å². The molecule has 2 heterocycles. The van der Waals surface area contributed by atoms with Crippen LogP contribution in [0.25, 0.3) is 0 Å². The minimum absolute atomic E-state index is 0.206. The molecule has 0 radical (unpaired) electrons. The van der Waals surface area contributed by atoms with Gasteiger partial charge in [-0.25, -0.2) is 0 Å². The first-order chi connectivity index (χ1) is 9.92. The molecule has 3 rings (SSSR count). The van der Waals surface area contributed by atoms with Crippen LogP contribution < -0.4 is 9.47 Å². The highest BCUT2D eigenvalue weighted by atomic mass is 16.7. The number of ether oxygens (including phenoxy) is 4. The molecule has 1 saturated heterocycles. The van der Waals surface area contributed by atoms with Crippen molar-refractivity contribution in [1.82, 2.24) is 0 Å². The van der Waals surface area contributed by atoms with E-state index in [1.807, 2.05) is 6.92 Å². The topological polar surface area (TPSA) is 40.2 Å². The van der Waals surface area contributed by atoms with Crippen molar-refractivity contribution in [3.63, 3.8) is 0 Å². The summed E-state index contributed by atoms with van der Waals surface area (Å²) in [6, 6.07) is 4.16. The maximum Gasteiger partial charge on any atom is 0.188 e. The zero-order valence-corrected chi connectivity index (χ0v) is 13.4. The average Bonchev–Trinajstić information content (AvgIpc) is 3.16. The van der Waals surface area contributed by atoms with Crippen molar-refractivity contribution in [3.05, 3.63) is 23.3 Å². The van der Waals surface area contributed by atoms with Crippen LogP contribution in [0.5, 0.6) is 11.5 Å². The monoisotopic (exact) mass is 292 g/mol. The van der Waals surface area contributed by atoms with Crippen LogP contribution in [0.15, 0.2) is 12.1 Å². The Morgan fingerprint density at radius 2 is 2.10 bits per heavy atom. The molecule has 3 atom stereocenters. The fourth-order valence-corrected chi connectivity index (χ4v) is 3.18. The van der Waals surface area contributed by atoms with Crippen LogP contribution in [-0.4, -0.2) is 31.7 Å². The van der Waals surface area contributed by atoms with Crippen LogP contribution in [0.3, 0.4) is 0 Å². The summed E-state index contributed by atoms with van der Waals surface area (Å²) in [5.41, 5.74) is 1.96. The van der Waals surface area contributed by atoms with Crippen molar-refractivity contribution in [2.75, 3.05) is 13.9 Å². The van der Waals surface area contributed by atoms with Crippen LogP contribution in [0.1, 0.15) is 44.2 Å². The fourth-order valence-electron chi connectivity index (χ4n) is 3.18. The van der Waals surface area contributed by atoms with Gasteiger partial charge in [0.15, 0.2) is 6.79 Å². The van der Waals surface area contributed by atoms with E-state index < -0.39 is 0 Å². The van der Waals surface area contributed by atoms with E-state index >= 15 is 0 Å². The van der Waals surface area contributed by atoms with Crippen molar-refractivity contribution >= 4 is 0 Å². The van der Waals surface area contributed by atoms with Crippen LogP contribution in [-0.2, 0) is 9.47 Å². The molecule has 0 aliphatic carbocycles. The Morgan fingerprint density at radius 1 is 1.33 bits per heavy atom. The molecule has 0 N–H and O–H groups in total. The largest absolute Gasteiger partial charge is 0.485 e. The minimum Gasteiger partial charge on any atom is -0.485 e. The van der Waals surface area contributed by atoms with Gasteiger partial charge in [-0.15, -0.1) is 0 Å². The van der Waals surface area contributed by atoms with E-state index in [4.69, 9.17) is 18.9 Å². The van der Waals surface area contributed by atoms with E-state index in [1.165, 1.54) is 5.56 Å². The molecule has 2 aliphatic rings. The van der Waals surface area contributed by atoms with Crippen LogP contribution in [0, 0.1) is 6.92 Å². The van der Waals surface area contributed by atoms with Crippen LogP contribution >= 0.6 is 0 Å². The quantitative estimate of drug-likeness (QED) is 0.632. The third-order valence-corrected chi connectivity index (χ3v) is 4.40. The summed E-state index contributed by atoms with van der Waals surface area (Å²) in [5, 5.41) is 0. The van der Waals surface area contributed by atoms with Gasteiger partial charge in [-0.2, -0.15) is 0 Å². The van der Waals surface area contributed by atoms with Gasteiger partial charge in [-0.05, 0) is 50.8 Å². The van der Waals surface area contributed by atoms with Gasteiger partial charge in [0.1, 0.15) is 23.2 Å². The van der Waals surface area contributed by atoms with E-state index in [0.717, 1.165) is 23.5 Å². The smallest absolute Gasteiger partial charge is 0.188 e. The molecule has 0 amide bonds. The second kappa shape index (κ2) is 5.18. The van der Waals surface area contributed by atoms with Gasteiger partial charge in [-0.1, -0.05) is 6.92 Å². The fraction of sp³-hybridized carbons (Fsp3) is 0.647. The van der Waals surface area contributed by atoms with Gasteiger partial charge in [0.25, 0.3) is 0 Å². The second-order valence-electron chi connectivity index (χ2n) is 6.64. The highest BCUT2D eigenvalue weighted by Gasteiger charge is 2.53. The third-order valence-electron chi connectivity index (χ3n) is 4.40. The van der Waals surface area contributed by atoms with E-state index in [1.54, 1.807) is 7.11 Å². The molecule has 116 valence electrons. The number of methoxy groups -OCH3 is 1. The van der Waals surface area contributed by atoms with E-state index in [-0.39, 0.29) is 18.5 Å². The molecule has 4 heteroatoms. The third kappa shape index (κ3) is 2.74. The van der Waals surface area contributed by atoms with Crippen molar-refractivity contribution in [2.45, 2.75) is 57.8 Å². The van der Waals surface area contributed by atoms with Gasteiger partial charge in [-0.3, -0.25) is 0 Å². The number of epoxide rings is 1. The Hall–Kier alpha value is -1.26. The highest BCUT2D eigenvalue weighted by Crippen LogP contribution is 2.47. The van der Waals surface area contributed by atoms with Gasteiger partial charge in [0.2, 0.25) is 0 Å². The molecule has 1 fully saturated rings. The van der Waals surface area contributed by atoms with Crippen LogP contribution in [0.4, 0.5) is 0 Å². The first kappa shape index (κ1) is 14.7. The Labute approximate surface area is 126 Å². The van der Waals surface area contributed by atoms with E-state index in [2.05, 4.69) is 32.9 Å². The predicted octanol–water partition coefficient (Wildman–Crippen LogP) is 3.41. The number of aryl methyl sites for hydroxylation is 1. The molecule has 21 heavy (non-hydrogen) atoms. The maximum absolute atomic E-state index is 6.28. The van der Waals surface area contributed by atoms with Crippen molar-refractivity contribution in [2.24, 2.45) is 0 Å². The normalized spacial score (nSPS) is 29.5. The van der Waals surface area contributed by atoms with Crippen molar-refractivity contribution < 1.29 is 18.9 Å². The molecule has 1 aromatic carbocycles. The summed E-state index contributed by atoms with van der Waals surface area (Å²) in [6.45, 7) is 8.70. The summed E-state index contributed by atoms with van der Waals surface area (Å²) in [5.74, 6) is 2.19. The number of benzene rings is 1. The van der Waals surface area contributed by atoms with E-state index in [0.29, 0.717) is 12.0 Å². The van der Waals surface area contributed by atoms with E-state index in [9.17, 15) is 0 Å². The molecule has 2 aliphatic heterocycles. The Bertz CT molecular complexity index is 538. The van der Waals surface area contributed by atoms with Gasteiger partial charge in [0.05, 0.1) is 6.10 Å². The number of hydrogen-bond donors (Lipinski definition) is 0. The molecule has 0 bridgehead atoms. The van der Waals surface area contributed by atoms with Gasteiger partial charge in [0, 0.05) is 12.7 Å². The summed E-state index contributed by atoms with van der Waals surface area (Å²) >= 11 is 0. The zero-order chi connectivity index (χ0) is 15.2. The predicted molar refractivity (Wildman–Crippen MR) is 80.1 cm³/mol. The number of hydrogen-bond acceptors (Lipinski definition) is 4. The summed E-state index contributed by atoms with van der Waals surface area (Å²) < 4.78 is 22.7. The second-order valence-corrected chi connectivity index (χ2v) is 6.64. The molecule has 0 aromatic heterocycles. The minimum atomic E-state index is -0.291. The molecule has 0 spiro atoms. The molecule has 1 aromatic rings. The Morgan fingerprint density at radius 3 is 2.81 bits per heavy atom. The van der Waals surface area contributed by atoms with Gasteiger partial charge < -0.3 is 18.9 Å². The lowest BCUT2D eigenvalue weighted by molar-refractivity contribution is 0.0499. The lowest BCUT2D eigenvalue weighted by atomic mass is 9.88. The SMILES string of the molecule is COCOc1cc2c(cc1C)OC(C)(C)[C@H]1O[C@H]1C[C@H]2C. The van der Waals surface area contributed by atoms with Crippen molar-refractivity contribution in [1.29, 1.82) is 0 Å². The lowest BCUT2D eigenvalue weighted by Crippen LogP contribution is -2.37. The van der Waals surface area contributed by atoms with Gasteiger partial charge >= 0.3 is 0 Å². The Kier molecular flexibility index (Phi) is 3.62.